The van der Waals surface area contributed by atoms with Crippen LogP contribution in [0.5, 0.6) is 0 Å². The molecule has 0 amide bonds. The summed E-state index contributed by atoms with van der Waals surface area (Å²) in [7, 11) is 0. The molecule has 18 heavy (non-hydrogen) atoms. The molecule has 0 aliphatic heterocycles. The zero-order valence-corrected chi connectivity index (χ0v) is 10.5. The lowest BCUT2D eigenvalue weighted by molar-refractivity contribution is -0.204. The van der Waals surface area contributed by atoms with Crippen LogP contribution in [0, 0.1) is 11.8 Å². The number of ether oxygens (including phenoxy) is 1. The molecule has 0 N–H and O–H groups in total. The molecule has 104 valence electrons. The lowest BCUT2D eigenvalue weighted by Gasteiger charge is -2.31. The number of halogens is 3. The zero-order chi connectivity index (χ0) is 13.6. The van der Waals surface area contributed by atoms with Crippen LogP contribution in [0.3, 0.4) is 0 Å². The third-order valence-electron chi connectivity index (χ3n) is 3.21. The first-order chi connectivity index (χ1) is 8.46. The maximum atomic E-state index is 12.8. The Morgan fingerprint density at radius 2 is 1.94 bits per heavy atom. The Labute approximate surface area is 105 Å². The fraction of sp³-hybridized carbons (Fsp3) is 0.769. The minimum Gasteiger partial charge on any atom is -0.461 e. The van der Waals surface area contributed by atoms with Crippen LogP contribution in [0.15, 0.2) is 12.2 Å². The van der Waals surface area contributed by atoms with E-state index in [0.717, 1.165) is 6.42 Å². The van der Waals surface area contributed by atoms with E-state index >= 15 is 0 Å². The van der Waals surface area contributed by atoms with E-state index in [4.69, 9.17) is 4.74 Å². The van der Waals surface area contributed by atoms with Crippen LogP contribution >= 0.6 is 0 Å². The second-order valence-corrected chi connectivity index (χ2v) is 4.55. The maximum absolute atomic E-state index is 12.8. The highest BCUT2D eigenvalue weighted by Crippen LogP contribution is 2.41. The van der Waals surface area contributed by atoms with Crippen molar-refractivity contribution in [3.05, 3.63) is 12.2 Å². The lowest BCUT2D eigenvalue weighted by Crippen LogP contribution is -2.38. The van der Waals surface area contributed by atoms with Gasteiger partial charge in [0.05, 0.1) is 11.8 Å². The third kappa shape index (κ3) is 4.35. The van der Waals surface area contributed by atoms with Gasteiger partial charge in [-0.15, -0.1) is 0 Å². The summed E-state index contributed by atoms with van der Waals surface area (Å²) in [4.78, 5) is 11.7. The summed E-state index contributed by atoms with van der Waals surface area (Å²) in [6, 6.07) is 0. The van der Waals surface area contributed by atoms with Gasteiger partial charge < -0.3 is 4.74 Å². The van der Waals surface area contributed by atoms with Crippen LogP contribution in [-0.2, 0) is 9.53 Å². The number of hydrogen-bond acceptors (Lipinski definition) is 2. The van der Waals surface area contributed by atoms with E-state index in [2.05, 4.69) is 0 Å². The monoisotopic (exact) mass is 264 g/mol. The van der Waals surface area contributed by atoms with Gasteiger partial charge in [0.25, 0.3) is 0 Å². The van der Waals surface area contributed by atoms with Crippen LogP contribution in [0.1, 0.15) is 39.0 Å². The molecule has 0 aromatic heterocycles. The predicted molar refractivity (Wildman–Crippen MR) is 61.9 cm³/mol. The fourth-order valence-corrected chi connectivity index (χ4v) is 2.28. The molecule has 0 spiro atoms. The molecule has 2 atom stereocenters. The van der Waals surface area contributed by atoms with Crippen molar-refractivity contribution in [2.45, 2.75) is 45.2 Å². The molecular formula is C13H19F3O2. The van der Waals surface area contributed by atoms with Gasteiger partial charge in [-0.25, -0.2) is 0 Å². The second kappa shape index (κ2) is 6.81. The highest BCUT2D eigenvalue weighted by atomic mass is 19.4. The molecule has 1 aliphatic carbocycles. The molecule has 0 heterocycles. The average molecular weight is 264 g/mol. The zero-order valence-electron chi connectivity index (χ0n) is 10.5. The van der Waals surface area contributed by atoms with E-state index in [0.29, 0.717) is 12.8 Å². The van der Waals surface area contributed by atoms with Crippen molar-refractivity contribution in [1.82, 2.24) is 0 Å². The SMILES string of the molecule is CC/C=C/COC(=O)C1CCCCC1C(F)(F)F. The molecule has 0 radical (unpaired) electrons. The summed E-state index contributed by atoms with van der Waals surface area (Å²) in [6.45, 7) is 1.99. The third-order valence-corrected chi connectivity index (χ3v) is 3.21. The van der Waals surface area contributed by atoms with Crippen molar-refractivity contribution in [3.63, 3.8) is 0 Å². The van der Waals surface area contributed by atoms with Gasteiger partial charge in [0.1, 0.15) is 6.61 Å². The van der Waals surface area contributed by atoms with E-state index in [1.165, 1.54) is 0 Å². The van der Waals surface area contributed by atoms with Crippen LogP contribution in [-0.4, -0.2) is 18.8 Å². The van der Waals surface area contributed by atoms with Gasteiger partial charge in [-0.05, 0) is 19.3 Å². The molecule has 0 aromatic carbocycles. The molecule has 1 rings (SSSR count). The van der Waals surface area contributed by atoms with E-state index in [9.17, 15) is 18.0 Å². The van der Waals surface area contributed by atoms with Crippen molar-refractivity contribution in [3.8, 4) is 0 Å². The van der Waals surface area contributed by atoms with Gasteiger partial charge in [0.2, 0.25) is 0 Å². The minimum atomic E-state index is -4.30. The summed E-state index contributed by atoms with van der Waals surface area (Å²) in [5, 5.41) is 0. The topological polar surface area (TPSA) is 26.3 Å². The summed E-state index contributed by atoms with van der Waals surface area (Å²) >= 11 is 0. The summed E-state index contributed by atoms with van der Waals surface area (Å²) in [5.41, 5.74) is 0. The molecule has 2 unspecified atom stereocenters. The quantitative estimate of drug-likeness (QED) is 0.569. The average Bonchev–Trinajstić information content (AvgIpc) is 2.33. The summed E-state index contributed by atoms with van der Waals surface area (Å²) < 4.78 is 43.2. The van der Waals surface area contributed by atoms with Gasteiger partial charge in [-0.1, -0.05) is 31.9 Å². The number of allylic oxidation sites excluding steroid dienone is 1. The standard InChI is InChI=1S/C13H19F3O2/c1-2-3-6-9-18-12(17)10-7-4-5-8-11(10)13(14,15)16/h3,6,10-11H,2,4-5,7-9H2,1H3/b6-3+. The largest absolute Gasteiger partial charge is 0.461 e. The number of hydrogen-bond donors (Lipinski definition) is 0. The molecule has 1 fully saturated rings. The first-order valence-corrected chi connectivity index (χ1v) is 6.35. The Balaban J connectivity index is 2.55. The highest BCUT2D eigenvalue weighted by Gasteiger charge is 2.48. The van der Waals surface area contributed by atoms with Crippen LogP contribution in [0.25, 0.3) is 0 Å². The van der Waals surface area contributed by atoms with Crippen molar-refractivity contribution in [2.24, 2.45) is 11.8 Å². The molecular weight excluding hydrogens is 245 g/mol. The van der Waals surface area contributed by atoms with Crippen LogP contribution in [0.2, 0.25) is 0 Å². The molecule has 5 heteroatoms. The van der Waals surface area contributed by atoms with E-state index in [1.54, 1.807) is 6.08 Å². The first kappa shape index (κ1) is 15.1. The van der Waals surface area contributed by atoms with Crippen molar-refractivity contribution in [1.29, 1.82) is 0 Å². The van der Waals surface area contributed by atoms with Gasteiger partial charge in [-0.2, -0.15) is 13.2 Å². The Bertz CT molecular complexity index is 297. The minimum absolute atomic E-state index is 0.0358. The number of carbonyl (C=O) groups is 1. The second-order valence-electron chi connectivity index (χ2n) is 4.55. The van der Waals surface area contributed by atoms with Gasteiger partial charge in [-0.3, -0.25) is 4.79 Å². The van der Waals surface area contributed by atoms with Crippen molar-refractivity contribution >= 4 is 5.97 Å². The predicted octanol–water partition coefficient (Wildman–Crippen LogP) is 3.86. The van der Waals surface area contributed by atoms with Crippen LogP contribution in [0.4, 0.5) is 13.2 Å². The van der Waals surface area contributed by atoms with Crippen molar-refractivity contribution < 1.29 is 22.7 Å². The molecule has 1 saturated carbocycles. The Morgan fingerprint density at radius 1 is 1.28 bits per heavy atom. The Kier molecular flexibility index (Phi) is 5.69. The number of carbonyl (C=O) groups excluding carboxylic acids is 1. The Morgan fingerprint density at radius 3 is 2.56 bits per heavy atom. The van der Waals surface area contributed by atoms with Crippen LogP contribution < -0.4 is 0 Å². The van der Waals surface area contributed by atoms with E-state index in [1.807, 2.05) is 13.0 Å². The molecule has 0 aromatic rings. The fourth-order valence-electron chi connectivity index (χ4n) is 2.28. The molecule has 0 saturated heterocycles. The lowest BCUT2D eigenvalue weighted by atomic mass is 9.79. The number of esters is 1. The first-order valence-electron chi connectivity index (χ1n) is 6.35. The number of alkyl halides is 3. The summed E-state index contributed by atoms with van der Waals surface area (Å²) in [5.74, 6) is -3.26. The highest BCUT2D eigenvalue weighted by molar-refractivity contribution is 5.73. The van der Waals surface area contributed by atoms with Crippen molar-refractivity contribution in [2.75, 3.05) is 6.61 Å². The molecule has 0 bridgehead atoms. The van der Waals surface area contributed by atoms with E-state index < -0.39 is 24.0 Å². The van der Waals surface area contributed by atoms with E-state index in [-0.39, 0.29) is 19.4 Å². The van der Waals surface area contributed by atoms with Gasteiger partial charge in [0.15, 0.2) is 0 Å². The molecule has 2 nitrogen and oxygen atoms in total. The summed E-state index contributed by atoms with van der Waals surface area (Å²) in [6.07, 6.45) is 1.49. The number of rotatable bonds is 4. The van der Waals surface area contributed by atoms with Gasteiger partial charge >= 0.3 is 12.1 Å². The maximum Gasteiger partial charge on any atom is 0.392 e. The molecule has 1 aliphatic rings. The Hall–Kier alpha value is -1.00. The smallest absolute Gasteiger partial charge is 0.392 e. The normalized spacial score (nSPS) is 25.3. The van der Waals surface area contributed by atoms with Gasteiger partial charge in [0, 0.05) is 0 Å².